The minimum absolute atomic E-state index is 0. The Bertz CT molecular complexity index is 857. The highest BCUT2D eigenvalue weighted by atomic mass is 35.5. The van der Waals surface area contributed by atoms with Gasteiger partial charge in [-0.1, -0.05) is 30.3 Å². The molecular formula is C19H25ClN4O3. The van der Waals surface area contributed by atoms with Gasteiger partial charge in [0.2, 0.25) is 5.91 Å². The van der Waals surface area contributed by atoms with E-state index in [1.54, 1.807) is 0 Å². The van der Waals surface area contributed by atoms with Crippen molar-refractivity contribution in [3.63, 3.8) is 0 Å². The third-order valence-electron chi connectivity index (χ3n) is 4.67. The first-order valence-corrected chi connectivity index (χ1v) is 8.95. The lowest BCUT2D eigenvalue weighted by Crippen LogP contribution is -2.43. The van der Waals surface area contributed by atoms with Crippen LogP contribution in [0.2, 0.25) is 0 Å². The number of nitrogens with one attached hydrogen (secondary N) is 2. The number of nitrogens with zero attached hydrogens (tertiary/aromatic N) is 2. The zero-order valence-corrected chi connectivity index (χ0v) is 15.9. The van der Waals surface area contributed by atoms with E-state index in [4.69, 9.17) is 0 Å². The number of hydrogen-bond acceptors (Lipinski definition) is 4. The van der Waals surface area contributed by atoms with Gasteiger partial charge in [0.25, 0.3) is 5.56 Å². The Morgan fingerprint density at radius 2 is 1.96 bits per heavy atom. The van der Waals surface area contributed by atoms with E-state index in [0.29, 0.717) is 19.0 Å². The summed E-state index contributed by atoms with van der Waals surface area (Å²) in [4.78, 5) is 36.7. The predicted molar refractivity (Wildman–Crippen MR) is 106 cm³/mol. The molecule has 2 heterocycles. The summed E-state index contributed by atoms with van der Waals surface area (Å²) in [5.74, 6) is 0.269. The third kappa shape index (κ3) is 5.80. The second kappa shape index (κ2) is 10.1. The summed E-state index contributed by atoms with van der Waals surface area (Å²) in [5, 5.41) is 6.10. The second-order valence-electron chi connectivity index (χ2n) is 6.63. The average molecular weight is 393 g/mol. The molecule has 0 spiro atoms. The summed E-state index contributed by atoms with van der Waals surface area (Å²) >= 11 is 0. The second-order valence-corrected chi connectivity index (χ2v) is 6.63. The SMILES string of the molecule is Cl.O=C(Cn1c(=O)ccn(Cc2ccccc2)c1=O)NCCC1CCNC1. The maximum Gasteiger partial charge on any atom is 0.331 e. The molecule has 0 bridgehead atoms. The van der Waals surface area contributed by atoms with E-state index in [9.17, 15) is 14.4 Å². The van der Waals surface area contributed by atoms with Gasteiger partial charge in [0.05, 0.1) is 6.54 Å². The number of carbonyl (C=O) groups is 1. The van der Waals surface area contributed by atoms with Gasteiger partial charge < -0.3 is 10.6 Å². The molecule has 1 amide bonds. The summed E-state index contributed by atoms with van der Waals surface area (Å²) in [5.41, 5.74) is 0.0142. The Hall–Kier alpha value is -2.38. The summed E-state index contributed by atoms with van der Waals surface area (Å²) in [7, 11) is 0. The molecule has 8 heteroatoms. The van der Waals surface area contributed by atoms with E-state index < -0.39 is 11.2 Å². The van der Waals surface area contributed by atoms with Gasteiger partial charge in [-0.15, -0.1) is 12.4 Å². The fourth-order valence-electron chi connectivity index (χ4n) is 3.18. The first-order valence-electron chi connectivity index (χ1n) is 8.95. The van der Waals surface area contributed by atoms with E-state index in [0.717, 1.165) is 36.1 Å². The molecule has 1 aliphatic heterocycles. The number of halogens is 1. The van der Waals surface area contributed by atoms with Crippen LogP contribution in [0.3, 0.4) is 0 Å². The van der Waals surface area contributed by atoms with Crippen LogP contribution < -0.4 is 21.9 Å². The molecule has 1 unspecified atom stereocenters. The lowest BCUT2D eigenvalue weighted by molar-refractivity contribution is -0.121. The summed E-state index contributed by atoms with van der Waals surface area (Å²) < 4.78 is 2.42. The van der Waals surface area contributed by atoms with E-state index in [1.165, 1.54) is 16.8 Å². The topological polar surface area (TPSA) is 85.1 Å². The van der Waals surface area contributed by atoms with Crippen molar-refractivity contribution in [1.82, 2.24) is 19.8 Å². The summed E-state index contributed by atoms with van der Waals surface area (Å²) in [6.07, 6.45) is 3.50. The fraction of sp³-hybridized carbons (Fsp3) is 0.421. The Labute approximate surface area is 163 Å². The molecule has 1 atom stereocenters. The number of amides is 1. The van der Waals surface area contributed by atoms with Gasteiger partial charge in [0.15, 0.2) is 0 Å². The van der Waals surface area contributed by atoms with E-state index >= 15 is 0 Å². The van der Waals surface area contributed by atoms with Gasteiger partial charge in [-0.05, 0) is 37.4 Å². The number of aromatic nitrogens is 2. The average Bonchev–Trinajstić information content (AvgIpc) is 3.15. The lowest BCUT2D eigenvalue weighted by Gasteiger charge is -2.11. The highest BCUT2D eigenvalue weighted by Gasteiger charge is 2.15. The van der Waals surface area contributed by atoms with Gasteiger partial charge in [-0.25, -0.2) is 4.79 Å². The van der Waals surface area contributed by atoms with Crippen molar-refractivity contribution < 1.29 is 4.79 Å². The van der Waals surface area contributed by atoms with Gasteiger partial charge >= 0.3 is 5.69 Å². The van der Waals surface area contributed by atoms with Crippen LogP contribution in [0.15, 0.2) is 52.2 Å². The maximum absolute atomic E-state index is 12.6. The maximum atomic E-state index is 12.6. The number of rotatable bonds is 7. The minimum Gasteiger partial charge on any atom is -0.355 e. The smallest absolute Gasteiger partial charge is 0.331 e. The molecule has 0 saturated carbocycles. The van der Waals surface area contributed by atoms with Crippen molar-refractivity contribution in [2.24, 2.45) is 5.92 Å². The zero-order valence-electron chi connectivity index (χ0n) is 15.1. The van der Waals surface area contributed by atoms with Crippen LogP contribution in [-0.4, -0.2) is 34.7 Å². The minimum atomic E-state index is -0.475. The molecule has 7 nitrogen and oxygen atoms in total. The van der Waals surface area contributed by atoms with E-state index in [-0.39, 0.29) is 24.9 Å². The van der Waals surface area contributed by atoms with Crippen LogP contribution in [0, 0.1) is 5.92 Å². The zero-order chi connectivity index (χ0) is 18.4. The predicted octanol–water partition coefficient (Wildman–Crippen LogP) is 0.596. The molecular weight excluding hydrogens is 368 g/mol. The molecule has 1 aliphatic rings. The lowest BCUT2D eigenvalue weighted by atomic mass is 10.1. The molecule has 2 aromatic rings. The Morgan fingerprint density at radius 3 is 2.67 bits per heavy atom. The Morgan fingerprint density at radius 1 is 1.19 bits per heavy atom. The van der Waals surface area contributed by atoms with Crippen molar-refractivity contribution in [3.8, 4) is 0 Å². The van der Waals surface area contributed by atoms with E-state index in [2.05, 4.69) is 10.6 Å². The van der Waals surface area contributed by atoms with Crippen LogP contribution in [0.25, 0.3) is 0 Å². The van der Waals surface area contributed by atoms with Crippen LogP contribution in [0.1, 0.15) is 18.4 Å². The van der Waals surface area contributed by atoms with Crippen LogP contribution in [0.4, 0.5) is 0 Å². The van der Waals surface area contributed by atoms with Crippen molar-refractivity contribution in [1.29, 1.82) is 0 Å². The first-order chi connectivity index (χ1) is 12.6. The molecule has 3 rings (SSSR count). The van der Waals surface area contributed by atoms with Crippen molar-refractivity contribution in [2.75, 3.05) is 19.6 Å². The van der Waals surface area contributed by atoms with Crippen molar-refractivity contribution in [2.45, 2.75) is 25.9 Å². The highest BCUT2D eigenvalue weighted by Crippen LogP contribution is 2.10. The third-order valence-corrected chi connectivity index (χ3v) is 4.67. The molecule has 1 aromatic carbocycles. The number of carbonyl (C=O) groups excluding carboxylic acids is 1. The molecule has 1 saturated heterocycles. The molecule has 1 aromatic heterocycles. The summed E-state index contributed by atoms with van der Waals surface area (Å²) in [6.45, 7) is 2.68. The number of hydrogen-bond donors (Lipinski definition) is 2. The fourth-order valence-corrected chi connectivity index (χ4v) is 3.18. The van der Waals surface area contributed by atoms with Gasteiger partial charge in [-0.2, -0.15) is 0 Å². The Balaban J connectivity index is 0.00000261. The van der Waals surface area contributed by atoms with Gasteiger partial charge in [0.1, 0.15) is 6.54 Å². The van der Waals surface area contributed by atoms with Crippen LogP contribution >= 0.6 is 12.4 Å². The first kappa shape index (κ1) is 20.9. The van der Waals surface area contributed by atoms with Gasteiger partial charge in [0, 0.05) is 18.8 Å². The molecule has 0 aliphatic carbocycles. The number of benzene rings is 1. The van der Waals surface area contributed by atoms with Crippen molar-refractivity contribution in [3.05, 3.63) is 69.0 Å². The normalized spacial score (nSPS) is 15.9. The van der Waals surface area contributed by atoms with Gasteiger partial charge in [-0.3, -0.25) is 18.7 Å². The molecule has 146 valence electrons. The molecule has 2 N–H and O–H groups in total. The summed E-state index contributed by atoms with van der Waals surface area (Å²) in [6, 6.07) is 10.8. The Kier molecular flexibility index (Phi) is 7.82. The van der Waals surface area contributed by atoms with Crippen LogP contribution in [-0.2, 0) is 17.9 Å². The highest BCUT2D eigenvalue weighted by molar-refractivity contribution is 5.85. The van der Waals surface area contributed by atoms with E-state index in [1.807, 2.05) is 30.3 Å². The standard InChI is InChI=1S/C19H24N4O3.ClH/c24-17(21-10-7-15-6-9-20-12-15)14-23-18(25)8-11-22(19(23)26)13-16-4-2-1-3-5-16;/h1-5,8,11,15,20H,6-7,9-10,12-14H2,(H,21,24);1H. The largest absolute Gasteiger partial charge is 0.355 e. The molecule has 0 radical (unpaired) electrons. The van der Waals surface area contributed by atoms with Crippen LogP contribution in [0.5, 0.6) is 0 Å². The quantitative estimate of drug-likeness (QED) is 0.722. The molecule has 27 heavy (non-hydrogen) atoms. The molecule has 1 fully saturated rings. The monoisotopic (exact) mass is 392 g/mol. The van der Waals surface area contributed by atoms with Crippen molar-refractivity contribution >= 4 is 18.3 Å².